The summed E-state index contributed by atoms with van der Waals surface area (Å²) in [7, 11) is 0. The van der Waals surface area contributed by atoms with Gasteiger partial charge in [-0.2, -0.15) is 5.10 Å². The van der Waals surface area contributed by atoms with Gasteiger partial charge in [0.05, 0.1) is 23.0 Å². The third-order valence-electron chi connectivity index (χ3n) is 3.17. The van der Waals surface area contributed by atoms with Crippen LogP contribution in [0.4, 0.5) is 5.69 Å². The lowest BCUT2D eigenvalue weighted by Gasteiger charge is -2.09. The summed E-state index contributed by atoms with van der Waals surface area (Å²) < 4.78 is 0.974. The highest BCUT2D eigenvalue weighted by molar-refractivity contribution is 14.1. The second kappa shape index (κ2) is 5.24. The molecular weight excluding hydrogens is 365 g/mol. The zero-order valence-electron chi connectivity index (χ0n) is 10.8. The van der Waals surface area contributed by atoms with Crippen LogP contribution in [0.3, 0.4) is 0 Å². The minimum absolute atomic E-state index is 0.105. The summed E-state index contributed by atoms with van der Waals surface area (Å²) in [6.07, 6.45) is 1.71. The van der Waals surface area contributed by atoms with Crippen LogP contribution in [-0.4, -0.2) is 16.1 Å². The molecule has 1 aromatic heterocycles. The van der Waals surface area contributed by atoms with E-state index in [2.05, 4.69) is 38.1 Å². The van der Waals surface area contributed by atoms with Crippen LogP contribution in [0.1, 0.15) is 15.9 Å². The molecule has 0 aliphatic rings. The lowest BCUT2D eigenvalue weighted by molar-refractivity contribution is 0.102. The molecule has 1 amide bonds. The fraction of sp³-hybridized carbons (Fsp3) is 0.0667. The Hall–Kier alpha value is -1.89. The Morgan fingerprint density at radius 3 is 2.90 bits per heavy atom. The molecule has 0 spiro atoms. The lowest BCUT2D eigenvalue weighted by Crippen LogP contribution is -2.14. The molecule has 0 saturated heterocycles. The molecule has 5 heteroatoms. The summed E-state index contributed by atoms with van der Waals surface area (Å²) >= 11 is 2.20. The summed E-state index contributed by atoms with van der Waals surface area (Å²) in [5.74, 6) is -0.105. The maximum atomic E-state index is 12.4. The molecule has 3 rings (SSSR count). The number of fused-ring (bicyclic) bond motifs is 1. The van der Waals surface area contributed by atoms with Gasteiger partial charge in [0, 0.05) is 8.96 Å². The Balaban J connectivity index is 1.97. The molecule has 0 radical (unpaired) electrons. The average Bonchev–Trinajstić information content (AvgIpc) is 2.91. The highest BCUT2D eigenvalue weighted by Gasteiger charge is 2.13. The number of halogens is 1. The van der Waals surface area contributed by atoms with E-state index in [1.54, 1.807) is 6.20 Å². The average molecular weight is 377 g/mol. The summed E-state index contributed by atoms with van der Waals surface area (Å²) in [5.41, 5.74) is 3.45. The van der Waals surface area contributed by atoms with Crippen molar-refractivity contribution in [1.82, 2.24) is 10.2 Å². The van der Waals surface area contributed by atoms with Gasteiger partial charge >= 0.3 is 0 Å². The highest BCUT2D eigenvalue weighted by atomic mass is 127. The van der Waals surface area contributed by atoms with Gasteiger partial charge in [-0.1, -0.05) is 18.2 Å². The maximum absolute atomic E-state index is 12.4. The van der Waals surface area contributed by atoms with Crippen LogP contribution < -0.4 is 5.32 Å². The molecule has 100 valence electrons. The zero-order chi connectivity index (χ0) is 14.1. The number of aromatic amines is 1. The molecule has 0 bridgehead atoms. The van der Waals surface area contributed by atoms with E-state index in [-0.39, 0.29) is 5.91 Å². The predicted octanol–water partition coefficient (Wildman–Crippen LogP) is 3.73. The molecule has 0 unspecified atom stereocenters. The van der Waals surface area contributed by atoms with Gasteiger partial charge in [0.2, 0.25) is 0 Å². The van der Waals surface area contributed by atoms with Gasteiger partial charge in [0.1, 0.15) is 0 Å². The van der Waals surface area contributed by atoms with Gasteiger partial charge in [0.25, 0.3) is 5.91 Å². The first-order valence-corrected chi connectivity index (χ1v) is 7.23. The van der Waals surface area contributed by atoms with Crippen molar-refractivity contribution < 1.29 is 4.79 Å². The summed E-state index contributed by atoms with van der Waals surface area (Å²) in [6.45, 7) is 2.00. The molecule has 0 fully saturated rings. The van der Waals surface area contributed by atoms with Gasteiger partial charge in [-0.05, 0) is 53.3 Å². The second-order valence-corrected chi connectivity index (χ2v) is 5.61. The third-order valence-corrected chi connectivity index (χ3v) is 4.60. The van der Waals surface area contributed by atoms with Gasteiger partial charge in [-0.25, -0.2) is 0 Å². The molecule has 0 aliphatic carbocycles. The van der Waals surface area contributed by atoms with Crippen LogP contribution in [0.15, 0.2) is 42.6 Å². The molecule has 2 aromatic carbocycles. The van der Waals surface area contributed by atoms with Crippen molar-refractivity contribution in [2.24, 2.45) is 0 Å². The van der Waals surface area contributed by atoms with Crippen molar-refractivity contribution in [2.45, 2.75) is 6.92 Å². The van der Waals surface area contributed by atoms with Crippen molar-refractivity contribution in [3.05, 3.63) is 57.3 Å². The van der Waals surface area contributed by atoms with Crippen LogP contribution in [0.2, 0.25) is 0 Å². The Kier molecular flexibility index (Phi) is 3.43. The fourth-order valence-corrected chi connectivity index (χ4v) is 2.69. The lowest BCUT2D eigenvalue weighted by atomic mass is 10.1. The number of hydrogen-bond donors (Lipinski definition) is 2. The second-order valence-electron chi connectivity index (χ2n) is 4.53. The molecule has 2 N–H and O–H groups in total. The Bertz CT molecular complexity index is 795. The number of H-pyrrole nitrogens is 1. The van der Waals surface area contributed by atoms with Crippen LogP contribution in [0.25, 0.3) is 10.9 Å². The van der Waals surface area contributed by atoms with E-state index in [1.165, 1.54) is 0 Å². The first-order valence-electron chi connectivity index (χ1n) is 6.15. The monoisotopic (exact) mass is 377 g/mol. The molecule has 0 saturated carbocycles. The number of carbonyl (C=O) groups is 1. The molecule has 0 atom stereocenters. The molecule has 20 heavy (non-hydrogen) atoms. The molecule has 3 aromatic rings. The van der Waals surface area contributed by atoms with Crippen molar-refractivity contribution in [3.63, 3.8) is 0 Å². The predicted molar refractivity (Wildman–Crippen MR) is 87.9 cm³/mol. The minimum Gasteiger partial charge on any atom is -0.321 e. The van der Waals surface area contributed by atoms with Crippen LogP contribution in [-0.2, 0) is 0 Å². The van der Waals surface area contributed by atoms with Gasteiger partial charge in [-0.15, -0.1) is 0 Å². The highest BCUT2D eigenvalue weighted by Crippen LogP contribution is 2.23. The first-order chi connectivity index (χ1) is 9.66. The fourth-order valence-electron chi connectivity index (χ4n) is 2.09. The van der Waals surface area contributed by atoms with E-state index in [9.17, 15) is 4.79 Å². The van der Waals surface area contributed by atoms with Gasteiger partial charge in [-0.3, -0.25) is 9.89 Å². The van der Waals surface area contributed by atoms with Gasteiger partial charge < -0.3 is 5.32 Å². The van der Waals surface area contributed by atoms with E-state index < -0.39 is 0 Å². The van der Waals surface area contributed by atoms with Crippen LogP contribution in [0.5, 0.6) is 0 Å². The molecule has 1 heterocycles. The quantitative estimate of drug-likeness (QED) is 0.669. The summed E-state index contributed by atoms with van der Waals surface area (Å²) in [4.78, 5) is 12.4. The summed E-state index contributed by atoms with van der Waals surface area (Å²) in [5, 5.41) is 10.7. The number of amides is 1. The molecule has 0 aliphatic heterocycles. The first kappa shape index (κ1) is 13.1. The van der Waals surface area contributed by atoms with E-state index in [0.717, 1.165) is 25.7 Å². The number of aromatic nitrogens is 2. The number of carbonyl (C=O) groups excluding carboxylic acids is 1. The largest absolute Gasteiger partial charge is 0.321 e. The smallest absolute Gasteiger partial charge is 0.256 e. The number of nitrogens with zero attached hydrogens (tertiary/aromatic N) is 1. The normalized spacial score (nSPS) is 10.7. The zero-order valence-corrected chi connectivity index (χ0v) is 12.9. The number of anilines is 1. The number of rotatable bonds is 2. The Morgan fingerprint density at radius 2 is 2.05 bits per heavy atom. The number of benzene rings is 2. The van der Waals surface area contributed by atoms with E-state index in [4.69, 9.17) is 0 Å². The number of hydrogen-bond acceptors (Lipinski definition) is 2. The Morgan fingerprint density at radius 1 is 1.25 bits per heavy atom. The minimum atomic E-state index is -0.105. The van der Waals surface area contributed by atoms with E-state index >= 15 is 0 Å². The van der Waals surface area contributed by atoms with Crippen molar-refractivity contribution in [3.8, 4) is 0 Å². The topological polar surface area (TPSA) is 57.8 Å². The van der Waals surface area contributed by atoms with Crippen LogP contribution in [0, 0.1) is 10.5 Å². The molecular formula is C15H12IN3O. The van der Waals surface area contributed by atoms with Gasteiger partial charge in [0.15, 0.2) is 0 Å². The third kappa shape index (κ3) is 2.29. The number of aryl methyl sites for hydroxylation is 1. The summed E-state index contributed by atoms with van der Waals surface area (Å²) in [6, 6.07) is 11.4. The van der Waals surface area contributed by atoms with Crippen molar-refractivity contribution in [2.75, 3.05) is 5.32 Å². The van der Waals surface area contributed by atoms with Crippen LogP contribution >= 0.6 is 22.6 Å². The van der Waals surface area contributed by atoms with E-state index in [1.807, 2.05) is 43.3 Å². The standard InChI is InChI=1S/C15H12IN3O/c1-9-4-2-5-10(14(9)16)15(20)18-12-6-3-7-13-11(12)8-17-19-13/h2-8H,1H3,(H,17,19)(H,18,20). The maximum Gasteiger partial charge on any atom is 0.256 e. The van der Waals surface area contributed by atoms with E-state index in [0.29, 0.717) is 5.56 Å². The van der Waals surface area contributed by atoms with Crippen molar-refractivity contribution >= 4 is 45.1 Å². The molecule has 4 nitrogen and oxygen atoms in total. The SMILES string of the molecule is Cc1cccc(C(=O)Nc2cccc3[nH]ncc23)c1I. The van der Waals surface area contributed by atoms with Crippen molar-refractivity contribution in [1.29, 1.82) is 0 Å². The Labute approximate surface area is 129 Å². The number of nitrogens with one attached hydrogen (secondary N) is 2.